The number of carboxylic acid groups (broad SMARTS) is 1. The fourth-order valence-electron chi connectivity index (χ4n) is 0.962. The Morgan fingerprint density at radius 3 is 2.43 bits per heavy atom. The van der Waals surface area contributed by atoms with Gasteiger partial charge < -0.3 is 5.11 Å². The van der Waals surface area contributed by atoms with Crippen LogP contribution in [0, 0.1) is 10.1 Å². The van der Waals surface area contributed by atoms with Crippen LogP contribution in [0.15, 0.2) is 30.3 Å². The van der Waals surface area contributed by atoms with E-state index in [4.69, 9.17) is 5.11 Å². The molecule has 0 fully saturated rings. The van der Waals surface area contributed by atoms with Crippen molar-refractivity contribution in [3.63, 3.8) is 0 Å². The number of carbonyl (C=O) groups is 1. The van der Waals surface area contributed by atoms with Crippen molar-refractivity contribution >= 4 is 5.97 Å². The summed E-state index contributed by atoms with van der Waals surface area (Å²) < 4.78 is 0. The van der Waals surface area contributed by atoms with E-state index in [9.17, 15) is 14.9 Å². The lowest BCUT2D eigenvalue weighted by atomic mass is 10.1. The maximum absolute atomic E-state index is 10.6. The van der Waals surface area contributed by atoms with E-state index < -0.39 is 17.2 Å². The Morgan fingerprint density at radius 2 is 2.00 bits per heavy atom. The molecule has 0 radical (unpaired) electrons. The lowest BCUT2D eigenvalue weighted by molar-refractivity contribution is -0.767. The first-order valence-corrected chi connectivity index (χ1v) is 3.70. The zero-order chi connectivity index (χ0) is 10.6. The minimum absolute atomic E-state index is 0.233. The van der Waals surface area contributed by atoms with Crippen LogP contribution in [-0.4, -0.2) is 16.2 Å². The number of benzene rings is 1. The van der Waals surface area contributed by atoms with E-state index >= 15 is 0 Å². The van der Waals surface area contributed by atoms with Gasteiger partial charge in [0.1, 0.15) is 0 Å². The molecule has 0 bridgehead atoms. The van der Waals surface area contributed by atoms with Crippen LogP contribution in [0.1, 0.15) is 11.7 Å². The predicted octanol–water partition coefficient (Wildman–Crippen LogP) is 1.02. The van der Waals surface area contributed by atoms with E-state index in [2.05, 4.69) is 4.84 Å². The van der Waals surface area contributed by atoms with Crippen molar-refractivity contribution in [2.24, 2.45) is 0 Å². The van der Waals surface area contributed by atoms with Crippen LogP contribution in [0.5, 0.6) is 0 Å². The Kier molecular flexibility index (Phi) is 3.01. The largest absolute Gasteiger partial charge is 0.479 e. The topological polar surface area (TPSA) is 89.7 Å². The minimum atomic E-state index is -1.56. The highest BCUT2D eigenvalue weighted by atomic mass is 17.0. The second-order valence-electron chi connectivity index (χ2n) is 2.46. The molecule has 0 spiro atoms. The molecule has 1 aromatic rings. The summed E-state index contributed by atoms with van der Waals surface area (Å²) in [6.07, 6.45) is -1.56. The van der Waals surface area contributed by atoms with Crippen LogP contribution in [-0.2, 0) is 9.63 Å². The quantitative estimate of drug-likeness (QED) is 0.574. The van der Waals surface area contributed by atoms with Crippen LogP contribution in [0.25, 0.3) is 0 Å². The van der Waals surface area contributed by atoms with Crippen molar-refractivity contribution in [3.8, 4) is 0 Å². The molecule has 0 aliphatic carbocycles. The molecule has 1 unspecified atom stereocenters. The number of rotatable bonds is 4. The predicted molar refractivity (Wildman–Crippen MR) is 44.9 cm³/mol. The Morgan fingerprint density at radius 1 is 1.43 bits per heavy atom. The van der Waals surface area contributed by atoms with Crippen molar-refractivity contribution in [2.75, 3.05) is 0 Å². The first kappa shape index (κ1) is 9.97. The van der Waals surface area contributed by atoms with E-state index in [-0.39, 0.29) is 5.56 Å². The minimum Gasteiger partial charge on any atom is -0.479 e. The zero-order valence-corrected chi connectivity index (χ0v) is 6.99. The normalized spacial score (nSPS) is 11.7. The highest BCUT2D eigenvalue weighted by molar-refractivity contribution is 5.74. The smallest absolute Gasteiger partial charge is 0.337 e. The van der Waals surface area contributed by atoms with Gasteiger partial charge in [-0.05, 0) is 5.56 Å². The van der Waals surface area contributed by atoms with E-state index in [1.807, 2.05) is 0 Å². The molecule has 6 heteroatoms. The third-order valence-corrected chi connectivity index (χ3v) is 1.52. The fourth-order valence-corrected chi connectivity index (χ4v) is 0.962. The van der Waals surface area contributed by atoms with Crippen molar-refractivity contribution in [1.29, 1.82) is 0 Å². The summed E-state index contributed by atoms with van der Waals surface area (Å²) >= 11 is 0. The summed E-state index contributed by atoms with van der Waals surface area (Å²) in [4.78, 5) is 24.6. The van der Waals surface area contributed by atoms with Gasteiger partial charge in [-0.3, -0.25) is 4.84 Å². The number of nitrogens with zero attached hydrogens (tertiary/aromatic N) is 1. The zero-order valence-electron chi connectivity index (χ0n) is 6.99. The van der Waals surface area contributed by atoms with E-state index in [0.29, 0.717) is 0 Å². The van der Waals surface area contributed by atoms with Crippen molar-refractivity contribution in [1.82, 2.24) is 0 Å². The standard InChI is InChI=1S/C8H7NO5/c10-8(11)7(14-9(12)13)6-4-2-1-3-5-6/h1-5,7H,(H,10,11). The van der Waals surface area contributed by atoms with Gasteiger partial charge in [0.05, 0.1) is 0 Å². The number of hydrogen-bond donors (Lipinski definition) is 1. The lowest BCUT2D eigenvalue weighted by Gasteiger charge is -2.09. The molecule has 0 heterocycles. The first-order valence-electron chi connectivity index (χ1n) is 3.70. The summed E-state index contributed by atoms with van der Waals surface area (Å²) in [6.45, 7) is 0. The molecular weight excluding hydrogens is 190 g/mol. The Hall–Kier alpha value is -2.11. The van der Waals surface area contributed by atoms with Gasteiger partial charge >= 0.3 is 5.97 Å². The second-order valence-corrected chi connectivity index (χ2v) is 2.46. The SMILES string of the molecule is O=C(O)C(O[N+](=O)[O-])c1ccccc1. The summed E-state index contributed by atoms with van der Waals surface area (Å²) in [6, 6.07) is 7.72. The maximum Gasteiger partial charge on any atom is 0.337 e. The van der Waals surface area contributed by atoms with Crippen molar-refractivity contribution in [2.45, 2.75) is 6.10 Å². The maximum atomic E-state index is 10.6. The van der Waals surface area contributed by atoms with Gasteiger partial charge in [-0.25, -0.2) is 4.79 Å². The molecule has 0 amide bonds. The number of aliphatic carboxylic acids is 1. The van der Waals surface area contributed by atoms with Crippen LogP contribution >= 0.6 is 0 Å². The average Bonchev–Trinajstić information content (AvgIpc) is 2.15. The Labute approximate surface area is 78.8 Å². The van der Waals surface area contributed by atoms with Gasteiger partial charge in [0.2, 0.25) is 6.10 Å². The molecule has 1 aromatic carbocycles. The molecule has 0 aromatic heterocycles. The van der Waals surface area contributed by atoms with Crippen molar-refractivity contribution < 1.29 is 19.8 Å². The van der Waals surface area contributed by atoms with Crippen LogP contribution in [0.2, 0.25) is 0 Å². The molecule has 1 rings (SSSR count). The molecule has 14 heavy (non-hydrogen) atoms. The Bertz CT molecular complexity index is 337. The molecule has 1 atom stereocenters. The summed E-state index contributed by atoms with van der Waals surface area (Å²) in [5, 5.41) is 17.5. The number of carboxylic acids is 1. The molecule has 0 saturated heterocycles. The Balaban J connectivity index is 2.89. The van der Waals surface area contributed by atoms with Crippen molar-refractivity contribution in [3.05, 3.63) is 46.0 Å². The van der Waals surface area contributed by atoms with Gasteiger partial charge in [-0.1, -0.05) is 30.3 Å². The first-order chi connectivity index (χ1) is 6.61. The van der Waals surface area contributed by atoms with E-state index in [0.717, 1.165) is 0 Å². The third-order valence-electron chi connectivity index (χ3n) is 1.52. The number of hydrogen-bond acceptors (Lipinski definition) is 4. The van der Waals surface area contributed by atoms with Gasteiger partial charge in [0.25, 0.3) is 5.09 Å². The lowest BCUT2D eigenvalue weighted by Crippen LogP contribution is -2.18. The molecular formula is C8H7NO5. The summed E-state index contributed by atoms with van der Waals surface area (Å²) in [7, 11) is 0. The van der Waals surface area contributed by atoms with Crippen LogP contribution < -0.4 is 0 Å². The van der Waals surface area contributed by atoms with Crippen LogP contribution in [0.4, 0.5) is 0 Å². The molecule has 6 nitrogen and oxygen atoms in total. The molecule has 0 aliphatic heterocycles. The van der Waals surface area contributed by atoms with Gasteiger partial charge in [-0.15, -0.1) is 10.1 Å². The van der Waals surface area contributed by atoms with Crippen LogP contribution in [0.3, 0.4) is 0 Å². The highest BCUT2D eigenvalue weighted by Gasteiger charge is 2.23. The van der Waals surface area contributed by atoms with Gasteiger partial charge in [0.15, 0.2) is 0 Å². The summed E-state index contributed by atoms with van der Waals surface area (Å²) in [5.41, 5.74) is 0.233. The molecule has 1 N–H and O–H groups in total. The average molecular weight is 197 g/mol. The summed E-state index contributed by atoms with van der Waals surface area (Å²) in [5.74, 6) is -1.40. The third kappa shape index (κ3) is 2.44. The van der Waals surface area contributed by atoms with E-state index in [1.165, 1.54) is 12.1 Å². The second kappa shape index (κ2) is 4.22. The molecule has 74 valence electrons. The highest BCUT2D eigenvalue weighted by Crippen LogP contribution is 2.16. The van der Waals surface area contributed by atoms with Gasteiger partial charge in [0, 0.05) is 0 Å². The fraction of sp³-hybridized carbons (Fsp3) is 0.125. The van der Waals surface area contributed by atoms with E-state index in [1.54, 1.807) is 18.2 Å². The molecule has 0 saturated carbocycles. The van der Waals surface area contributed by atoms with Gasteiger partial charge in [-0.2, -0.15) is 0 Å². The monoisotopic (exact) mass is 197 g/mol. The molecule has 0 aliphatic rings.